The molecule has 1 unspecified atom stereocenters. The van der Waals surface area contributed by atoms with Crippen molar-refractivity contribution in [2.24, 2.45) is 0 Å². The van der Waals surface area contributed by atoms with Gasteiger partial charge in [-0.15, -0.1) is 0 Å². The molecular weight excluding hydrogens is 204 g/mol. The zero-order chi connectivity index (χ0) is 12.1. The van der Waals surface area contributed by atoms with E-state index in [1.807, 2.05) is 6.07 Å². The maximum absolute atomic E-state index is 11.6. The van der Waals surface area contributed by atoms with Crippen LogP contribution >= 0.6 is 0 Å². The van der Waals surface area contributed by atoms with Crippen LogP contribution in [0, 0.1) is 11.3 Å². The van der Waals surface area contributed by atoms with Gasteiger partial charge in [-0.2, -0.15) is 5.26 Å². The number of carbonyl (C=O) groups excluding carboxylic acids is 1. The second-order valence-corrected chi connectivity index (χ2v) is 3.64. The van der Waals surface area contributed by atoms with Crippen LogP contribution in [0.15, 0.2) is 18.3 Å². The summed E-state index contributed by atoms with van der Waals surface area (Å²) in [5.74, 6) is -0.0182. The number of nitrogens with one attached hydrogen (secondary N) is 1. The molecule has 1 atom stereocenters. The quantitative estimate of drug-likeness (QED) is 0.816. The van der Waals surface area contributed by atoms with E-state index in [0.717, 1.165) is 0 Å². The Kier molecular flexibility index (Phi) is 3.84. The maximum atomic E-state index is 11.6. The standard InChI is InChI=1S/C11H14N4O/c1-8(11(16)15(2)3)14-9-4-5-13-10(6-9)7-12/h4-6,8H,1-3H3,(H,13,14). The summed E-state index contributed by atoms with van der Waals surface area (Å²) in [6.45, 7) is 1.77. The van der Waals surface area contributed by atoms with E-state index in [4.69, 9.17) is 5.26 Å². The first kappa shape index (κ1) is 12.0. The van der Waals surface area contributed by atoms with Crippen LogP contribution in [0.5, 0.6) is 0 Å². The summed E-state index contributed by atoms with van der Waals surface area (Å²) in [4.78, 5) is 17.0. The summed E-state index contributed by atoms with van der Waals surface area (Å²) in [7, 11) is 3.40. The van der Waals surface area contributed by atoms with Crippen molar-refractivity contribution in [1.82, 2.24) is 9.88 Å². The van der Waals surface area contributed by atoms with Crippen LogP contribution in [-0.2, 0) is 4.79 Å². The number of carbonyl (C=O) groups is 1. The Morgan fingerprint density at radius 1 is 1.62 bits per heavy atom. The molecule has 0 aliphatic carbocycles. The van der Waals surface area contributed by atoms with E-state index in [2.05, 4.69) is 10.3 Å². The van der Waals surface area contributed by atoms with Crippen LogP contribution in [0.4, 0.5) is 5.69 Å². The minimum Gasteiger partial charge on any atom is -0.374 e. The van der Waals surface area contributed by atoms with E-state index in [1.165, 1.54) is 11.1 Å². The third-order valence-electron chi connectivity index (χ3n) is 2.07. The lowest BCUT2D eigenvalue weighted by Crippen LogP contribution is -2.36. The van der Waals surface area contributed by atoms with Crippen LogP contribution < -0.4 is 5.32 Å². The van der Waals surface area contributed by atoms with Crippen molar-refractivity contribution in [3.8, 4) is 6.07 Å². The first-order valence-corrected chi connectivity index (χ1v) is 4.88. The highest BCUT2D eigenvalue weighted by Gasteiger charge is 2.14. The van der Waals surface area contributed by atoms with E-state index in [0.29, 0.717) is 11.4 Å². The van der Waals surface area contributed by atoms with Gasteiger partial charge in [-0.1, -0.05) is 0 Å². The van der Waals surface area contributed by atoms with Crippen LogP contribution in [-0.4, -0.2) is 35.9 Å². The molecule has 1 amide bonds. The molecule has 1 heterocycles. The van der Waals surface area contributed by atoms with E-state index < -0.39 is 0 Å². The molecule has 0 saturated carbocycles. The fourth-order valence-electron chi connectivity index (χ4n) is 1.28. The minimum absolute atomic E-state index is 0.0182. The molecule has 0 aromatic carbocycles. The first-order valence-electron chi connectivity index (χ1n) is 4.88. The molecule has 0 fully saturated rings. The van der Waals surface area contributed by atoms with E-state index >= 15 is 0 Å². The smallest absolute Gasteiger partial charge is 0.244 e. The van der Waals surface area contributed by atoms with Gasteiger partial charge in [-0.3, -0.25) is 4.79 Å². The van der Waals surface area contributed by atoms with Crippen LogP contribution in [0.25, 0.3) is 0 Å². The normalized spacial score (nSPS) is 11.4. The zero-order valence-electron chi connectivity index (χ0n) is 9.56. The summed E-state index contributed by atoms with van der Waals surface area (Å²) >= 11 is 0. The van der Waals surface area contributed by atoms with Gasteiger partial charge in [0.25, 0.3) is 0 Å². The largest absolute Gasteiger partial charge is 0.374 e. The molecule has 0 saturated heterocycles. The molecular formula is C11H14N4O. The SMILES string of the molecule is CC(Nc1ccnc(C#N)c1)C(=O)N(C)C. The number of nitriles is 1. The Balaban J connectivity index is 2.74. The van der Waals surface area contributed by atoms with Crippen molar-refractivity contribution >= 4 is 11.6 Å². The second-order valence-electron chi connectivity index (χ2n) is 3.64. The Morgan fingerprint density at radius 2 is 2.31 bits per heavy atom. The molecule has 0 radical (unpaired) electrons. The molecule has 0 bridgehead atoms. The van der Waals surface area contributed by atoms with Gasteiger partial charge >= 0.3 is 0 Å². The Labute approximate surface area is 94.7 Å². The summed E-state index contributed by atoms with van der Waals surface area (Å²) < 4.78 is 0. The molecule has 1 aromatic heterocycles. The number of hydrogen-bond donors (Lipinski definition) is 1. The number of rotatable bonds is 3. The molecule has 0 aliphatic heterocycles. The monoisotopic (exact) mass is 218 g/mol. The van der Waals surface area contributed by atoms with Crippen LogP contribution in [0.2, 0.25) is 0 Å². The molecule has 16 heavy (non-hydrogen) atoms. The van der Waals surface area contributed by atoms with Gasteiger partial charge in [0.15, 0.2) is 0 Å². The van der Waals surface area contributed by atoms with Crippen molar-refractivity contribution in [3.05, 3.63) is 24.0 Å². The van der Waals surface area contributed by atoms with E-state index in [-0.39, 0.29) is 11.9 Å². The lowest BCUT2D eigenvalue weighted by molar-refractivity contribution is -0.129. The molecule has 1 N–H and O–H groups in total. The number of pyridine rings is 1. The number of hydrogen-bond acceptors (Lipinski definition) is 4. The number of nitrogens with zero attached hydrogens (tertiary/aromatic N) is 3. The van der Waals surface area contributed by atoms with Crippen molar-refractivity contribution in [2.75, 3.05) is 19.4 Å². The number of aromatic nitrogens is 1. The third kappa shape index (κ3) is 2.95. The van der Waals surface area contributed by atoms with Gasteiger partial charge in [0.1, 0.15) is 17.8 Å². The van der Waals surface area contributed by atoms with Crippen LogP contribution in [0.3, 0.4) is 0 Å². The fourth-order valence-corrected chi connectivity index (χ4v) is 1.28. The highest BCUT2D eigenvalue weighted by atomic mass is 16.2. The lowest BCUT2D eigenvalue weighted by atomic mass is 10.2. The summed E-state index contributed by atoms with van der Waals surface area (Å²) in [5.41, 5.74) is 1.05. The van der Waals surface area contributed by atoms with Gasteiger partial charge < -0.3 is 10.2 Å². The third-order valence-corrected chi connectivity index (χ3v) is 2.07. The highest BCUT2D eigenvalue weighted by Crippen LogP contribution is 2.09. The van der Waals surface area contributed by atoms with Crippen molar-refractivity contribution < 1.29 is 4.79 Å². The topological polar surface area (TPSA) is 69.0 Å². The average Bonchev–Trinajstić information content (AvgIpc) is 2.28. The fraction of sp³-hybridized carbons (Fsp3) is 0.364. The predicted octanol–water partition coefficient (Wildman–Crippen LogP) is 0.842. The summed E-state index contributed by atoms with van der Waals surface area (Å²) in [6, 6.07) is 4.95. The van der Waals surface area contributed by atoms with Gasteiger partial charge in [0.2, 0.25) is 5.91 Å². The maximum Gasteiger partial charge on any atom is 0.244 e. The first-order chi connectivity index (χ1) is 7.54. The molecule has 5 nitrogen and oxygen atoms in total. The zero-order valence-corrected chi connectivity index (χ0v) is 9.56. The molecule has 5 heteroatoms. The number of anilines is 1. The molecule has 0 spiro atoms. The average molecular weight is 218 g/mol. The lowest BCUT2D eigenvalue weighted by Gasteiger charge is -2.18. The number of amides is 1. The second kappa shape index (κ2) is 5.12. The van der Waals surface area contributed by atoms with Gasteiger partial charge in [0.05, 0.1) is 0 Å². The highest BCUT2D eigenvalue weighted by molar-refractivity contribution is 5.83. The predicted molar refractivity (Wildman–Crippen MR) is 60.7 cm³/mol. The number of likely N-dealkylation sites (N-methyl/N-ethyl adjacent to an activating group) is 1. The molecule has 1 rings (SSSR count). The molecule has 1 aromatic rings. The van der Waals surface area contributed by atoms with Crippen molar-refractivity contribution in [2.45, 2.75) is 13.0 Å². The molecule has 0 aliphatic rings. The van der Waals surface area contributed by atoms with Crippen molar-refractivity contribution in [1.29, 1.82) is 5.26 Å². The van der Waals surface area contributed by atoms with Gasteiger partial charge in [0, 0.05) is 26.0 Å². The van der Waals surface area contributed by atoms with Crippen molar-refractivity contribution in [3.63, 3.8) is 0 Å². The Morgan fingerprint density at radius 3 is 2.88 bits per heavy atom. The van der Waals surface area contributed by atoms with Gasteiger partial charge in [-0.25, -0.2) is 4.98 Å². The van der Waals surface area contributed by atoms with Crippen LogP contribution in [0.1, 0.15) is 12.6 Å². The minimum atomic E-state index is -0.330. The van der Waals surface area contributed by atoms with Gasteiger partial charge in [-0.05, 0) is 19.1 Å². The molecule has 84 valence electrons. The van der Waals surface area contributed by atoms with E-state index in [9.17, 15) is 4.79 Å². The Bertz CT molecular complexity index is 422. The van der Waals surface area contributed by atoms with E-state index in [1.54, 1.807) is 33.2 Å². The summed E-state index contributed by atoms with van der Waals surface area (Å²) in [5, 5.41) is 11.7. The summed E-state index contributed by atoms with van der Waals surface area (Å²) in [6.07, 6.45) is 1.54. The Hall–Kier alpha value is -2.09.